The van der Waals surface area contributed by atoms with Crippen LogP contribution in [0.2, 0.25) is 5.02 Å². The molecule has 0 saturated carbocycles. The van der Waals surface area contributed by atoms with Crippen LogP contribution in [0.25, 0.3) is 0 Å². The van der Waals surface area contributed by atoms with E-state index < -0.39 is 11.4 Å². The molecular weight excluding hydrogens is 255 g/mol. The Kier molecular flexibility index (Phi) is 3.88. The first-order valence-electron chi connectivity index (χ1n) is 6.03. The van der Waals surface area contributed by atoms with Gasteiger partial charge in [0.05, 0.1) is 11.2 Å². The fraction of sp³-hybridized carbons (Fsp3) is 0.462. The van der Waals surface area contributed by atoms with Gasteiger partial charge in [-0.05, 0) is 50.9 Å². The molecule has 18 heavy (non-hydrogen) atoms. The van der Waals surface area contributed by atoms with Crippen molar-refractivity contribution in [2.45, 2.75) is 31.7 Å². The van der Waals surface area contributed by atoms with E-state index in [1.54, 1.807) is 0 Å². The van der Waals surface area contributed by atoms with Crippen LogP contribution in [0.5, 0.6) is 0 Å². The van der Waals surface area contributed by atoms with Gasteiger partial charge in [-0.15, -0.1) is 0 Å². The highest BCUT2D eigenvalue weighted by Crippen LogP contribution is 2.24. The van der Waals surface area contributed by atoms with Crippen molar-refractivity contribution in [3.05, 3.63) is 29.0 Å². The molecule has 0 aliphatic carbocycles. The molecule has 0 aromatic heterocycles. The van der Waals surface area contributed by atoms with Crippen LogP contribution in [-0.2, 0) is 4.79 Å². The molecule has 1 heterocycles. The molecule has 1 amide bonds. The summed E-state index contributed by atoms with van der Waals surface area (Å²) in [7, 11) is 0. The number of hydrogen-bond acceptors (Lipinski definition) is 2. The van der Waals surface area contributed by atoms with Crippen molar-refractivity contribution in [3.63, 3.8) is 0 Å². The maximum Gasteiger partial charge on any atom is 0.244 e. The lowest BCUT2D eigenvalue weighted by atomic mass is 9.90. The van der Waals surface area contributed by atoms with Crippen molar-refractivity contribution in [2.75, 3.05) is 11.9 Å². The minimum absolute atomic E-state index is 0.126. The number of anilines is 1. The first-order valence-corrected chi connectivity index (χ1v) is 6.41. The summed E-state index contributed by atoms with van der Waals surface area (Å²) in [6.07, 6.45) is 2.81. The van der Waals surface area contributed by atoms with Gasteiger partial charge >= 0.3 is 0 Å². The van der Waals surface area contributed by atoms with Crippen LogP contribution in [0.4, 0.5) is 10.1 Å². The van der Waals surface area contributed by atoms with E-state index >= 15 is 0 Å². The SMILES string of the molecule is CC1(C(=O)Nc2cc(Cl)ccc2F)CCCCN1. The van der Waals surface area contributed by atoms with Crippen LogP contribution in [0.3, 0.4) is 0 Å². The average molecular weight is 271 g/mol. The highest BCUT2D eigenvalue weighted by atomic mass is 35.5. The van der Waals surface area contributed by atoms with Crippen LogP contribution < -0.4 is 10.6 Å². The molecule has 0 bridgehead atoms. The second-order valence-electron chi connectivity index (χ2n) is 4.79. The molecule has 0 radical (unpaired) electrons. The first-order chi connectivity index (χ1) is 8.51. The predicted molar refractivity (Wildman–Crippen MR) is 70.3 cm³/mol. The minimum Gasteiger partial charge on any atom is -0.322 e. The predicted octanol–water partition coefficient (Wildman–Crippen LogP) is 2.95. The largest absolute Gasteiger partial charge is 0.322 e. The standard InChI is InChI=1S/C13H16ClFN2O/c1-13(6-2-3-7-16-13)12(18)17-11-8-9(14)4-5-10(11)15/h4-5,8,16H,2-3,6-7H2,1H3,(H,17,18). The summed E-state index contributed by atoms with van der Waals surface area (Å²) < 4.78 is 13.5. The van der Waals surface area contributed by atoms with Crippen LogP contribution in [0.15, 0.2) is 18.2 Å². The third-order valence-corrected chi connectivity index (χ3v) is 3.53. The molecule has 98 valence electrons. The molecule has 1 saturated heterocycles. The lowest BCUT2D eigenvalue weighted by Gasteiger charge is -2.33. The van der Waals surface area contributed by atoms with Gasteiger partial charge in [-0.1, -0.05) is 11.6 Å². The first kappa shape index (κ1) is 13.3. The van der Waals surface area contributed by atoms with E-state index in [4.69, 9.17) is 11.6 Å². The number of carbonyl (C=O) groups excluding carboxylic acids is 1. The van der Waals surface area contributed by atoms with Crippen molar-refractivity contribution in [1.29, 1.82) is 0 Å². The second-order valence-corrected chi connectivity index (χ2v) is 5.23. The Morgan fingerprint density at radius 2 is 2.28 bits per heavy atom. The monoisotopic (exact) mass is 270 g/mol. The lowest BCUT2D eigenvalue weighted by molar-refractivity contribution is -0.122. The van der Waals surface area contributed by atoms with Crippen molar-refractivity contribution >= 4 is 23.2 Å². The molecule has 1 aliphatic heterocycles. The average Bonchev–Trinajstić information content (AvgIpc) is 2.35. The number of hydrogen-bond donors (Lipinski definition) is 2. The van der Waals surface area contributed by atoms with E-state index in [0.717, 1.165) is 25.8 Å². The molecule has 0 spiro atoms. The maximum absolute atomic E-state index is 13.5. The van der Waals surface area contributed by atoms with Gasteiger partial charge in [0, 0.05) is 5.02 Å². The highest BCUT2D eigenvalue weighted by molar-refractivity contribution is 6.30. The van der Waals surface area contributed by atoms with E-state index in [9.17, 15) is 9.18 Å². The van der Waals surface area contributed by atoms with Gasteiger partial charge in [-0.3, -0.25) is 4.79 Å². The van der Waals surface area contributed by atoms with Crippen molar-refractivity contribution < 1.29 is 9.18 Å². The number of nitrogens with one attached hydrogen (secondary N) is 2. The Hall–Kier alpha value is -1.13. The van der Waals surface area contributed by atoms with Crippen molar-refractivity contribution in [2.24, 2.45) is 0 Å². The summed E-state index contributed by atoms with van der Waals surface area (Å²) in [4.78, 5) is 12.2. The Labute approximate surface area is 111 Å². The number of benzene rings is 1. The molecule has 1 aliphatic rings. The van der Waals surface area contributed by atoms with Gasteiger partial charge in [0.25, 0.3) is 0 Å². The maximum atomic E-state index is 13.5. The number of amides is 1. The lowest BCUT2D eigenvalue weighted by Crippen LogP contribution is -2.54. The normalized spacial score (nSPS) is 23.7. The zero-order valence-electron chi connectivity index (χ0n) is 10.2. The molecule has 1 unspecified atom stereocenters. The summed E-state index contributed by atoms with van der Waals surface area (Å²) >= 11 is 5.79. The van der Waals surface area contributed by atoms with Gasteiger partial charge < -0.3 is 10.6 Å². The van der Waals surface area contributed by atoms with E-state index in [1.807, 2.05) is 6.92 Å². The van der Waals surface area contributed by atoms with Crippen LogP contribution in [-0.4, -0.2) is 18.0 Å². The molecule has 3 nitrogen and oxygen atoms in total. The zero-order valence-corrected chi connectivity index (χ0v) is 11.0. The summed E-state index contributed by atoms with van der Waals surface area (Å²) in [6.45, 7) is 2.64. The fourth-order valence-electron chi connectivity index (χ4n) is 2.10. The van der Waals surface area contributed by atoms with Crippen LogP contribution >= 0.6 is 11.6 Å². The Morgan fingerprint density at radius 1 is 1.50 bits per heavy atom. The second kappa shape index (κ2) is 5.24. The van der Waals surface area contributed by atoms with Gasteiger partial charge in [0.15, 0.2) is 0 Å². The van der Waals surface area contributed by atoms with E-state index in [0.29, 0.717) is 5.02 Å². The Morgan fingerprint density at radius 3 is 2.94 bits per heavy atom. The Balaban J connectivity index is 2.13. The van der Waals surface area contributed by atoms with Crippen molar-refractivity contribution in [1.82, 2.24) is 5.32 Å². The summed E-state index contributed by atoms with van der Waals surface area (Å²) in [5.74, 6) is -0.699. The van der Waals surface area contributed by atoms with Gasteiger partial charge in [0.1, 0.15) is 5.82 Å². The fourth-order valence-corrected chi connectivity index (χ4v) is 2.28. The molecular formula is C13H16ClFN2O. The molecule has 1 atom stereocenters. The number of carbonyl (C=O) groups is 1. The summed E-state index contributed by atoms with van der Waals surface area (Å²) in [6, 6.07) is 4.11. The van der Waals surface area contributed by atoms with Crippen molar-refractivity contribution in [3.8, 4) is 0 Å². The van der Waals surface area contributed by atoms with E-state index in [1.165, 1.54) is 18.2 Å². The summed E-state index contributed by atoms with van der Waals surface area (Å²) in [5.41, 5.74) is -0.506. The quantitative estimate of drug-likeness (QED) is 0.868. The van der Waals surface area contributed by atoms with E-state index in [-0.39, 0.29) is 11.6 Å². The molecule has 2 N–H and O–H groups in total. The third kappa shape index (κ3) is 2.82. The van der Waals surface area contributed by atoms with E-state index in [2.05, 4.69) is 10.6 Å². The Bertz CT molecular complexity index is 458. The zero-order chi connectivity index (χ0) is 13.2. The highest BCUT2D eigenvalue weighted by Gasteiger charge is 2.34. The smallest absolute Gasteiger partial charge is 0.244 e. The molecule has 1 aromatic carbocycles. The van der Waals surface area contributed by atoms with Gasteiger partial charge in [0.2, 0.25) is 5.91 Å². The molecule has 1 aromatic rings. The van der Waals surface area contributed by atoms with Crippen LogP contribution in [0.1, 0.15) is 26.2 Å². The molecule has 1 fully saturated rings. The number of rotatable bonds is 2. The van der Waals surface area contributed by atoms with Gasteiger partial charge in [-0.25, -0.2) is 4.39 Å². The third-order valence-electron chi connectivity index (χ3n) is 3.30. The number of piperidine rings is 1. The molecule has 2 rings (SSSR count). The van der Waals surface area contributed by atoms with Crippen LogP contribution in [0, 0.1) is 5.82 Å². The summed E-state index contributed by atoms with van der Waals surface area (Å²) in [5, 5.41) is 6.18. The molecule has 5 heteroatoms. The topological polar surface area (TPSA) is 41.1 Å². The minimum atomic E-state index is -0.632. The number of halogens is 2. The van der Waals surface area contributed by atoms with Gasteiger partial charge in [-0.2, -0.15) is 0 Å².